The molecule has 1 saturated heterocycles. The normalized spacial score (nSPS) is 15.2. The van der Waals surface area contributed by atoms with Crippen molar-refractivity contribution >= 4 is 38.8 Å². The van der Waals surface area contributed by atoms with Crippen LogP contribution in [-0.4, -0.2) is 42.6 Å². The first-order valence-electron chi connectivity index (χ1n) is 9.73. The van der Waals surface area contributed by atoms with Gasteiger partial charge in [-0.3, -0.25) is 14.9 Å². The third kappa shape index (κ3) is 4.39. The Morgan fingerprint density at radius 3 is 2.36 bits per heavy atom. The number of thioether (sulfide) groups is 1. The largest absolute Gasteiger partial charge is 0.506 e. The zero-order valence-electron chi connectivity index (χ0n) is 17.9. The lowest BCUT2D eigenvalue weighted by atomic mass is 10.1. The maximum atomic E-state index is 12.1. The molecular formula is C23H20N2O6S2. The molecule has 0 aliphatic carbocycles. The Morgan fingerprint density at radius 1 is 1.09 bits per heavy atom. The minimum absolute atomic E-state index is 0.00544. The number of sulfone groups is 1. The molecule has 10 heteroatoms. The number of methoxy groups -OCH3 is 1. The second kappa shape index (κ2) is 8.45. The van der Waals surface area contributed by atoms with E-state index in [4.69, 9.17) is 4.74 Å². The molecular weight excluding hydrogens is 464 g/mol. The summed E-state index contributed by atoms with van der Waals surface area (Å²) in [5.41, 5.74) is 3.14. The van der Waals surface area contributed by atoms with Crippen LogP contribution < -0.4 is 10.1 Å². The van der Waals surface area contributed by atoms with Crippen molar-refractivity contribution in [1.29, 1.82) is 0 Å². The van der Waals surface area contributed by atoms with E-state index in [1.165, 1.54) is 25.3 Å². The van der Waals surface area contributed by atoms with Gasteiger partial charge in [-0.1, -0.05) is 12.1 Å². The summed E-state index contributed by atoms with van der Waals surface area (Å²) in [6.45, 7) is 1.82. The van der Waals surface area contributed by atoms with Gasteiger partial charge in [-0.05, 0) is 66.2 Å². The van der Waals surface area contributed by atoms with Crippen molar-refractivity contribution in [3.8, 4) is 28.4 Å². The SMILES string of the molecule is COc1ccc(O)c(-n2c(-c3ccc(S(C)(=O)=O)cc3)cc(/C=C3\SC(=O)NC3=O)c2C)c1. The van der Waals surface area contributed by atoms with Gasteiger partial charge in [0, 0.05) is 18.0 Å². The number of amides is 2. The number of ether oxygens (including phenoxy) is 1. The molecule has 0 bridgehead atoms. The Labute approximate surface area is 194 Å². The monoisotopic (exact) mass is 484 g/mol. The molecule has 0 atom stereocenters. The Kier molecular flexibility index (Phi) is 5.81. The average Bonchev–Trinajstić information content (AvgIpc) is 3.26. The number of nitrogens with zero attached hydrogens (tertiary/aromatic N) is 1. The van der Waals surface area contributed by atoms with Gasteiger partial charge in [-0.15, -0.1) is 0 Å². The summed E-state index contributed by atoms with van der Waals surface area (Å²) in [5.74, 6) is 0.0665. The number of imide groups is 1. The van der Waals surface area contributed by atoms with Crippen molar-refractivity contribution in [3.63, 3.8) is 0 Å². The number of aromatic nitrogens is 1. The first kappa shape index (κ1) is 22.7. The van der Waals surface area contributed by atoms with Crippen LogP contribution in [0, 0.1) is 6.92 Å². The van der Waals surface area contributed by atoms with E-state index in [9.17, 15) is 23.1 Å². The summed E-state index contributed by atoms with van der Waals surface area (Å²) >= 11 is 0.814. The van der Waals surface area contributed by atoms with Crippen LogP contribution in [0.1, 0.15) is 11.3 Å². The third-order valence-electron chi connectivity index (χ3n) is 5.22. The molecule has 0 saturated carbocycles. The molecule has 0 radical (unpaired) electrons. The molecule has 170 valence electrons. The van der Waals surface area contributed by atoms with Crippen LogP contribution in [0.3, 0.4) is 0 Å². The maximum absolute atomic E-state index is 12.1. The summed E-state index contributed by atoms with van der Waals surface area (Å²) in [6, 6.07) is 13.0. The van der Waals surface area contributed by atoms with Gasteiger partial charge >= 0.3 is 0 Å². The maximum Gasteiger partial charge on any atom is 0.290 e. The van der Waals surface area contributed by atoms with Crippen LogP contribution in [0.4, 0.5) is 4.79 Å². The standard InChI is InChI=1S/C23H20N2O6S2/c1-13-15(11-21-22(27)24-23(28)32-21)10-18(14-4-7-17(8-5-14)33(3,29)30)25(13)19-12-16(31-2)6-9-20(19)26/h4-12,26H,1-3H3,(H,24,27,28)/b21-11-. The van der Waals surface area contributed by atoms with E-state index in [2.05, 4.69) is 5.32 Å². The van der Waals surface area contributed by atoms with E-state index >= 15 is 0 Å². The molecule has 1 aliphatic heterocycles. The van der Waals surface area contributed by atoms with E-state index in [0.29, 0.717) is 34.0 Å². The number of benzene rings is 2. The summed E-state index contributed by atoms with van der Waals surface area (Å²) in [4.78, 5) is 24.1. The molecule has 3 aromatic rings. The van der Waals surface area contributed by atoms with Gasteiger partial charge in [-0.25, -0.2) is 8.42 Å². The van der Waals surface area contributed by atoms with Crippen molar-refractivity contribution in [2.45, 2.75) is 11.8 Å². The van der Waals surface area contributed by atoms with Gasteiger partial charge < -0.3 is 14.4 Å². The first-order chi connectivity index (χ1) is 15.6. The molecule has 1 fully saturated rings. The highest BCUT2D eigenvalue weighted by Crippen LogP contribution is 2.37. The Bertz CT molecular complexity index is 1420. The highest BCUT2D eigenvalue weighted by atomic mass is 32.2. The fourth-order valence-corrected chi connectivity index (χ4v) is 4.84. The lowest BCUT2D eigenvalue weighted by Crippen LogP contribution is -2.17. The number of carbonyl (C=O) groups is 2. The van der Waals surface area contributed by atoms with Gasteiger partial charge in [0.25, 0.3) is 11.1 Å². The first-order valence-corrected chi connectivity index (χ1v) is 12.4. The second-order valence-electron chi connectivity index (χ2n) is 7.41. The Balaban J connectivity index is 1.94. The topological polar surface area (TPSA) is 115 Å². The fraction of sp³-hybridized carbons (Fsp3) is 0.130. The Morgan fingerprint density at radius 2 is 1.79 bits per heavy atom. The molecule has 8 nitrogen and oxygen atoms in total. The quantitative estimate of drug-likeness (QED) is 0.528. The summed E-state index contributed by atoms with van der Waals surface area (Å²) < 4.78 is 30.8. The van der Waals surface area contributed by atoms with Crippen molar-refractivity contribution < 1.29 is 27.9 Å². The highest BCUT2D eigenvalue weighted by Gasteiger charge is 2.26. The Hall–Kier alpha value is -3.50. The molecule has 0 spiro atoms. The van der Waals surface area contributed by atoms with Crippen LogP contribution >= 0.6 is 11.8 Å². The predicted molar refractivity (Wildman–Crippen MR) is 126 cm³/mol. The van der Waals surface area contributed by atoms with Crippen molar-refractivity contribution in [2.24, 2.45) is 0 Å². The summed E-state index contributed by atoms with van der Waals surface area (Å²) in [5, 5.41) is 12.4. The number of carbonyl (C=O) groups excluding carboxylic acids is 2. The molecule has 2 N–H and O–H groups in total. The van der Waals surface area contributed by atoms with Crippen LogP contribution in [0.25, 0.3) is 23.0 Å². The second-order valence-corrected chi connectivity index (χ2v) is 10.4. The molecule has 1 aliphatic rings. The van der Waals surface area contributed by atoms with Gasteiger partial charge in [0.15, 0.2) is 9.84 Å². The van der Waals surface area contributed by atoms with Crippen molar-refractivity contribution in [2.75, 3.05) is 13.4 Å². The number of phenolic OH excluding ortho intramolecular Hbond substituents is 1. The van der Waals surface area contributed by atoms with E-state index in [1.54, 1.807) is 34.9 Å². The molecule has 1 aromatic heterocycles. The number of hydrogen-bond acceptors (Lipinski definition) is 7. The van der Waals surface area contributed by atoms with E-state index in [0.717, 1.165) is 18.0 Å². The smallest absolute Gasteiger partial charge is 0.290 e. The zero-order chi connectivity index (χ0) is 23.9. The predicted octanol–water partition coefficient (Wildman–Crippen LogP) is 3.89. The third-order valence-corrected chi connectivity index (χ3v) is 7.16. The fourth-order valence-electron chi connectivity index (χ4n) is 3.54. The van der Waals surface area contributed by atoms with Gasteiger partial charge in [0.2, 0.25) is 0 Å². The summed E-state index contributed by atoms with van der Waals surface area (Å²) in [7, 11) is -1.84. The number of hydrogen-bond donors (Lipinski definition) is 2. The van der Waals surface area contributed by atoms with Crippen molar-refractivity contribution in [3.05, 3.63) is 64.7 Å². The minimum atomic E-state index is -3.36. The van der Waals surface area contributed by atoms with Gasteiger partial charge in [0.1, 0.15) is 11.5 Å². The molecule has 4 rings (SSSR count). The van der Waals surface area contributed by atoms with Crippen LogP contribution in [0.2, 0.25) is 0 Å². The minimum Gasteiger partial charge on any atom is -0.506 e. The van der Waals surface area contributed by atoms with Gasteiger partial charge in [0.05, 0.1) is 28.3 Å². The number of phenols is 1. The average molecular weight is 485 g/mol. The lowest BCUT2D eigenvalue weighted by Gasteiger charge is -2.15. The lowest BCUT2D eigenvalue weighted by molar-refractivity contribution is -0.115. The van der Waals surface area contributed by atoms with E-state index < -0.39 is 21.0 Å². The van der Waals surface area contributed by atoms with Crippen LogP contribution in [-0.2, 0) is 14.6 Å². The van der Waals surface area contributed by atoms with Gasteiger partial charge in [-0.2, -0.15) is 0 Å². The molecule has 2 amide bonds. The molecule has 2 heterocycles. The van der Waals surface area contributed by atoms with E-state index in [1.807, 2.05) is 13.0 Å². The van der Waals surface area contributed by atoms with Crippen molar-refractivity contribution in [1.82, 2.24) is 9.88 Å². The number of aromatic hydroxyl groups is 1. The summed E-state index contributed by atoms with van der Waals surface area (Å²) in [6.07, 6.45) is 2.75. The molecule has 33 heavy (non-hydrogen) atoms. The molecule has 0 unspecified atom stereocenters. The molecule has 2 aromatic carbocycles. The number of nitrogens with one attached hydrogen (secondary N) is 1. The van der Waals surface area contributed by atoms with Crippen LogP contribution in [0.5, 0.6) is 11.5 Å². The highest BCUT2D eigenvalue weighted by molar-refractivity contribution is 8.18. The zero-order valence-corrected chi connectivity index (χ0v) is 19.6. The van der Waals surface area contributed by atoms with E-state index in [-0.39, 0.29) is 15.6 Å². The van der Waals surface area contributed by atoms with Crippen LogP contribution in [0.15, 0.2) is 58.3 Å². The number of rotatable bonds is 5.